The molecule has 176 valence electrons. The van der Waals surface area contributed by atoms with E-state index in [0.29, 0.717) is 16.4 Å². The molecule has 0 spiro atoms. The average Bonchev–Trinajstić information content (AvgIpc) is 3.31. The van der Waals surface area contributed by atoms with Crippen LogP contribution in [0.1, 0.15) is 41.0 Å². The molecule has 2 amide bonds. The van der Waals surface area contributed by atoms with Gasteiger partial charge in [0, 0.05) is 22.3 Å². The van der Waals surface area contributed by atoms with Crippen molar-refractivity contribution in [3.05, 3.63) is 75.8 Å². The minimum absolute atomic E-state index is 0.172. The van der Waals surface area contributed by atoms with E-state index in [2.05, 4.69) is 15.7 Å². The molecule has 0 aliphatic rings. The minimum Gasteiger partial charge on any atom is -0.464 e. The van der Waals surface area contributed by atoms with Crippen LogP contribution in [-0.2, 0) is 16.0 Å². The molecule has 0 aliphatic heterocycles. The molecule has 2 aromatic carbocycles. The normalized spacial score (nSPS) is 12.1. The van der Waals surface area contributed by atoms with E-state index in [1.165, 1.54) is 0 Å². The van der Waals surface area contributed by atoms with E-state index in [4.69, 9.17) is 16.0 Å². The van der Waals surface area contributed by atoms with Crippen molar-refractivity contribution in [3.8, 4) is 0 Å². The Morgan fingerprint density at radius 3 is 2.47 bits per heavy atom. The van der Waals surface area contributed by atoms with Crippen LogP contribution < -0.4 is 10.6 Å². The topological polar surface area (TPSA) is 89.2 Å². The van der Waals surface area contributed by atoms with Crippen molar-refractivity contribution in [2.45, 2.75) is 47.1 Å². The third kappa shape index (κ3) is 4.84. The molecule has 0 saturated carbocycles. The van der Waals surface area contributed by atoms with E-state index < -0.39 is 6.04 Å². The number of furan rings is 1. The molecule has 7 nitrogen and oxygen atoms in total. The number of rotatable bonds is 6. The predicted molar refractivity (Wildman–Crippen MR) is 135 cm³/mol. The van der Waals surface area contributed by atoms with Gasteiger partial charge < -0.3 is 15.1 Å². The Balaban J connectivity index is 1.42. The van der Waals surface area contributed by atoms with E-state index in [9.17, 15) is 9.59 Å². The van der Waals surface area contributed by atoms with Gasteiger partial charge in [0.25, 0.3) is 0 Å². The Bertz CT molecular complexity index is 1400. The Morgan fingerprint density at radius 2 is 1.79 bits per heavy atom. The molecule has 1 atom stereocenters. The molecule has 0 aliphatic carbocycles. The molecular formula is C26H27ClN4O3. The minimum atomic E-state index is -0.499. The van der Waals surface area contributed by atoms with Crippen molar-refractivity contribution in [2.24, 2.45) is 0 Å². The molecule has 8 heteroatoms. The number of hydrogen-bond acceptors (Lipinski definition) is 4. The van der Waals surface area contributed by atoms with E-state index in [0.717, 1.165) is 39.0 Å². The molecule has 34 heavy (non-hydrogen) atoms. The fraction of sp³-hybridized carbons (Fsp3) is 0.269. The van der Waals surface area contributed by atoms with Crippen molar-refractivity contribution in [1.82, 2.24) is 9.78 Å². The first-order valence-corrected chi connectivity index (χ1v) is 11.4. The van der Waals surface area contributed by atoms with E-state index in [1.54, 1.807) is 36.1 Å². The number of benzene rings is 2. The fourth-order valence-corrected chi connectivity index (χ4v) is 4.16. The summed E-state index contributed by atoms with van der Waals surface area (Å²) in [5.74, 6) is -0.422. The maximum absolute atomic E-state index is 12.7. The number of hydrogen-bond donors (Lipinski definition) is 2. The largest absolute Gasteiger partial charge is 0.464 e. The van der Waals surface area contributed by atoms with Gasteiger partial charge >= 0.3 is 0 Å². The second-order valence-corrected chi connectivity index (χ2v) is 9.06. The highest BCUT2D eigenvalue weighted by molar-refractivity contribution is 6.34. The SMILES string of the molecule is Cc1cc(C)n(C(C)C(=O)Nc2ccc(NC(=O)Cc3coc4cc(C)c(C)cc34)cc2Cl)n1. The van der Waals surface area contributed by atoms with Crippen LogP contribution in [0.5, 0.6) is 0 Å². The molecule has 1 unspecified atom stereocenters. The Morgan fingerprint density at radius 1 is 1.06 bits per heavy atom. The van der Waals surface area contributed by atoms with Gasteiger partial charge in [0.05, 0.1) is 29.1 Å². The second-order valence-electron chi connectivity index (χ2n) is 8.65. The number of nitrogens with zero attached hydrogens (tertiary/aromatic N) is 2. The summed E-state index contributed by atoms with van der Waals surface area (Å²) in [4.78, 5) is 25.4. The first-order valence-electron chi connectivity index (χ1n) is 11.0. The van der Waals surface area contributed by atoms with Gasteiger partial charge in [-0.05, 0) is 82.1 Å². The molecular weight excluding hydrogens is 452 g/mol. The van der Waals surface area contributed by atoms with Crippen LogP contribution in [0.15, 0.2) is 47.1 Å². The van der Waals surface area contributed by atoms with Crippen LogP contribution in [0.4, 0.5) is 11.4 Å². The smallest absolute Gasteiger partial charge is 0.248 e. The van der Waals surface area contributed by atoms with Crippen LogP contribution in [0.3, 0.4) is 0 Å². The summed E-state index contributed by atoms with van der Waals surface area (Å²) in [6.07, 6.45) is 1.80. The second kappa shape index (κ2) is 9.35. The van der Waals surface area contributed by atoms with Crippen molar-refractivity contribution in [3.63, 3.8) is 0 Å². The van der Waals surface area contributed by atoms with Gasteiger partial charge in [0.2, 0.25) is 11.8 Å². The number of halogens is 1. The Hall–Kier alpha value is -3.58. The number of aryl methyl sites for hydroxylation is 4. The highest BCUT2D eigenvalue weighted by atomic mass is 35.5. The van der Waals surface area contributed by atoms with Crippen LogP contribution >= 0.6 is 11.6 Å². The monoisotopic (exact) mass is 478 g/mol. The molecule has 2 heterocycles. The summed E-state index contributed by atoms with van der Waals surface area (Å²) < 4.78 is 7.30. The first kappa shape index (κ1) is 23.6. The lowest BCUT2D eigenvalue weighted by Crippen LogP contribution is -2.25. The third-order valence-corrected chi connectivity index (χ3v) is 6.24. The molecule has 0 radical (unpaired) electrons. The van der Waals surface area contributed by atoms with Gasteiger partial charge in [-0.1, -0.05) is 11.6 Å². The van der Waals surface area contributed by atoms with Crippen LogP contribution in [0.2, 0.25) is 5.02 Å². The zero-order chi connectivity index (χ0) is 24.6. The van der Waals surface area contributed by atoms with Crippen LogP contribution in [-0.4, -0.2) is 21.6 Å². The fourth-order valence-electron chi connectivity index (χ4n) is 3.93. The van der Waals surface area contributed by atoms with Crippen LogP contribution in [0, 0.1) is 27.7 Å². The summed E-state index contributed by atoms with van der Waals surface area (Å²) in [5.41, 5.74) is 6.64. The van der Waals surface area contributed by atoms with Gasteiger partial charge in [-0.25, -0.2) is 0 Å². The predicted octanol–water partition coefficient (Wildman–Crippen LogP) is 5.90. The van der Waals surface area contributed by atoms with Crippen molar-refractivity contribution in [2.75, 3.05) is 10.6 Å². The molecule has 4 rings (SSSR count). The first-order chi connectivity index (χ1) is 16.1. The number of aromatic nitrogens is 2. The summed E-state index contributed by atoms with van der Waals surface area (Å²) in [6.45, 7) is 9.63. The number of carbonyl (C=O) groups is 2. The lowest BCUT2D eigenvalue weighted by atomic mass is 10.0. The highest BCUT2D eigenvalue weighted by Crippen LogP contribution is 2.28. The Labute approximate surface area is 203 Å². The summed E-state index contributed by atoms with van der Waals surface area (Å²) in [7, 11) is 0. The number of anilines is 2. The van der Waals surface area contributed by atoms with Gasteiger partial charge in [-0.2, -0.15) is 5.10 Å². The lowest BCUT2D eigenvalue weighted by Gasteiger charge is -2.16. The average molecular weight is 479 g/mol. The van der Waals surface area contributed by atoms with Gasteiger partial charge in [0.1, 0.15) is 11.6 Å². The summed E-state index contributed by atoms with van der Waals surface area (Å²) in [6, 6.07) is 10.4. The van der Waals surface area contributed by atoms with Crippen molar-refractivity contribution < 1.29 is 14.0 Å². The lowest BCUT2D eigenvalue weighted by molar-refractivity contribution is -0.119. The van der Waals surface area contributed by atoms with E-state index in [1.807, 2.05) is 45.9 Å². The zero-order valence-electron chi connectivity index (χ0n) is 19.8. The molecule has 2 aromatic heterocycles. The molecule has 4 aromatic rings. The number of amides is 2. The van der Waals surface area contributed by atoms with E-state index in [-0.39, 0.29) is 18.2 Å². The zero-order valence-corrected chi connectivity index (χ0v) is 20.6. The Kier molecular flexibility index (Phi) is 6.48. The van der Waals surface area contributed by atoms with Crippen LogP contribution in [0.25, 0.3) is 11.0 Å². The maximum Gasteiger partial charge on any atom is 0.248 e. The highest BCUT2D eigenvalue weighted by Gasteiger charge is 2.19. The van der Waals surface area contributed by atoms with Gasteiger partial charge in [-0.3, -0.25) is 14.3 Å². The van der Waals surface area contributed by atoms with E-state index >= 15 is 0 Å². The van der Waals surface area contributed by atoms with Crippen molar-refractivity contribution in [1.29, 1.82) is 0 Å². The molecule has 2 N–H and O–H groups in total. The summed E-state index contributed by atoms with van der Waals surface area (Å²) >= 11 is 6.39. The summed E-state index contributed by atoms with van der Waals surface area (Å²) in [5, 5.41) is 11.3. The standard InChI is InChI=1S/C26H27ClN4O3/c1-14-8-21-19(13-34-24(21)9-15(14)2)11-25(32)28-20-6-7-23(22(27)12-20)29-26(33)18(5)31-17(4)10-16(3)30-31/h6-10,12-13,18H,11H2,1-5H3,(H,28,32)(H,29,33). The quantitative estimate of drug-likeness (QED) is 0.361. The number of carbonyl (C=O) groups excluding carboxylic acids is 2. The number of nitrogens with one attached hydrogen (secondary N) is 2. The van der Waals surface area contributed by atoms with Crippen molar-refractivity contribution >= 4 is 45.8 Å². The third-order valence-electron chi connectivity index (χ3n) is 5.92. The molecule has 0 fully saturated rings. The van der Waals surface area contributed by atoms with Gasteiger partial charge in [0.15, 0.2) is 0 Å². The molecule has 0 saturated heterocycles. The van der Waals surface area contributed by atoms with Gasteiger partial charge in [-0.15, -0.1) is 0 Å². The number of fused-ring (bicyclic) bond motifs is 1. The molecule has 0 bridgehead atoms. The maximum atomic E-state index is 12.7.